The van der Waals surface area contributed by atoms with Crippen molar-refractivity contribution in [3.05, 3.63) is 0 Å². The third-order valence-corrected chi connectivity index (χ3v) is 3.41. The van der Waals surface area contributed by atoms with Crippen LogP contribution in [0.4, 0.5) is 4.79 Å². The summed E-state index contributed by atoms with van der Waals surface area (Å²) in [6.07, 6.45) is 0.884. The van der Waals surface area contributed by atoms with Crippen molar-refractivity contribution >= 4 is 11.9 Å². The highest BCUT2D eigenvalue weighted by Gasteiger charge is 2.29. The number of urea groups is 1. The fraction of sp³-hybridized carbons (Fsp3) is 0.846. The Bertz CT molecular complexity index is 323. The van der Waals surface area contributed by atoms with Crippen LogP contribution in [0.1, 0.15) is 19.8 Å². The van der Waals surface area contributed by atoms with E-state index in [-0.39, 0.29) is 17.9 Å². The number of likely N-dealkylation sites (N-methyl/N-ethyl adjacent to an activating group) is 1. The minimum absolute atomic E-state index is 0.00299. The average Bonchev–Trinajstić information content (AvgIpc) is 2.36. The third-order valence-electron chi connectivity index (χ3n) is 3.41. The van der Waals surface area contributed by atoms with Gasteiger partial charge in [-0.15, -0.1) is 0 Å². The molecule has 3 amide bonds. The van der Waals surface area contributed by atoms with E-state index >= 15 is 0 Å². The molecule has 1 aliphatic rings. The number of likely N-dealkylation sites (tertiary alicyclic amines) is 1. The summed E-state index contributed by atoms with van der Waals surface area (Å²) < 4.78 is 0. The molecule has 1 saturated heterocycles. The first kappa shape index (κ1) is 15.8. The van der Waals surface area contributed by atoms with E-state index in [4.69, 9.17) is 0 Å². The monoisotopic (exact) mass is 271 g/mol. The maximum atomic E-state index is 12.1. The van der Waals surface area contributed by atoms with Crippen molar-refractivity contribution in [2.24, 2.45) is 5.92 Å². The molecule has 0 aromatic rings. The summed E-state index contributed by atoms with van der Waals surface area (Å²) in [7, 11) is 5.18. The van der Waals surface area contributed by atoms with Gasteiger partial charge in [-0.1, -0.05) is 0 Å². The van der Waals surface area contributed by atoms with Gasteiger partial charge in [-0.25, -0.2) is 4.79 Å². The van der Waals surface area contributed by atoms with E-state index in [9.17, 15) is 14.7 Å². The molecule has 1 rings (SSSR count). The van der Waals surface area contributed by atoms with Crippen LogP contribution >= 0.6 is 0 Å². The smallest absolute Gasteiger partial charge is 0.319 e. The molecule has 6 nitrogen and oxygen atoms in total. The van der Waals surface area contributed by atoms with Crippen molar-refractivity contribution in [2.75, 3.05) is 40.8 Å². The molecule has 0 bridgehead atoms. The number of carbonyl (C=O) groups is 2. The van der Waals surface area contributed by atoms with Gasteiger partial charge in [-0.3, -0.25) is 4.79 Å². The predicted octanol–water partition coefficient (Wildman–Crippen LogP) is 0.219. The number of aliphatic hydroxyl groups is 1. The van der Waals surface area contributed by atoms with Crippen LogP contribution < -0.4 is 0 Å². The zero-order chi connectivity index (χ0) is 14.6. The van der Waals surface area contributed by atoms with Gasteiger partial charge >= 0.3 is 6.03 Å². The van der Waals surface area contributed by atoms with E-state index in [0.29, 0.717) is 32.5 Å². The van der Waals surface area contributed by atoms with E-state index in [0.717, 1.165) is 0 Å². The molecular weight excluding hydrogens is 246 g/mol. The first-order chi connectivity index (χ1) is 8.82. The van der Waals surface area contributed by atoms with Crippen molar-refractivity contribution in [1.82, 2.24) is 14.7 Å². The minimum atomic E-state index is -0.510. The highest BCUT2D eigenvalue weighted by molar-refractivity contribution is 5.79. The van der Waals surface area contributed by atoms with Crippen LogP contribution in [0, 0.1) is 5.92 Å². The second-order valence-electron chi connectivity index (χ2n) is 5.51. The van der Waals surface area contributed by atoms with E-state index < -0.39 is 6.10 Å². The van der Waals surface area contributed by atoms with Gasteiger partial charge in [0.05, 0.1) is 6.10 Å². The van der Waals surface area contributed by atoms with Crippen molar-refractivity contribution in [2.45, 2.75) is 25.9 Å². The molecule has 0 aromatic carbocycles. The Labute approximate surface area is 115 Å². The highest BCUT2D eigenvalue weighted by atomic mass is 16.3. The molecule has 110 valence electrons. The Morgan fingerprint density at radius 1 is 1.26 bits per heavy atom. The lowest BCUT2D eigenvalue weighted by atomic mass is 9.95. The zero-order valence-electron chi connectivity index (χ0n) is 12.3. The number of rotatable bonds is 3. The number of piperidine rings is 1. The van der Waals surface area contributed by atoms with Gasteiger partial charge in [0.15, 0.2) is 0 Å². The molecule has 1 heterocycles. The summed E-state index contributed by atoms with van der Waals surface area (Å²) in [6.45, 7) is 3.27. The summed E-state index contributed by atoms with van der Waals surface area (Å²) >= 11 is 0. The maximum absolute atomic E-state index is 12.1. The zero-order valence-corrected chi connectivity index (χ0v) is 12.3. The van der Waals surface area contributed by atoms with Gasteiger partial charge in [0.2, 0.25) is 5.91 Å². The SMILES string of the molecule is CC(O)CN(C)C(=O)C1CCN(C(=O)N(C)C)CC1. The standard InChI is InChI=1S/C13H25N3O3/c1-10(17)9-15(4)12(18)11-5-7-16(8-6-11)13(19)14(2)3/h10-11,17H,5-9H2,1-4H3. The van der Waals surface area contributed by atoms with E-state index in [1.54, 1.807) is 42.8 Å². The number of aliphatic hydroxyl groups excluding tert-OH is 1. The maximum Gasteiger partial charge on any atom is 0.319 e. The normalized spacial score (nSPS) is 18.1. The second-order valence-corrected chi connectivity index (χ2v) is 5.51. The first-order valence-electron chi connectivity index (χ1n) is 6.72. The van der Waals surface area contributed by atoms with Crippen molar-refractivity contribution < 1.29 is 14.7 Å². The Balaban J connectivity index is 2.45. The number of carbonyl (C=O) groups excluding carboxylic acids is 2. The topological polar surface area (TPSA) is 64.1 Å². The summed E-state index contributed by atoms with van der Waals surface area (Å²) in [5.41, 5.74) is 0. The summed E-state index contributed by atoms with van der Waals surface area (Å²) in [5.74, 6) is 0.0350. The van der Waals surface area contributed by atoms with Crippen molar-refractivity contribution in [3.63, 3.8) is 0 Å². The summed E-state index contributed by atoms with van der Waals surface area (Å²) in [4.78, 5) is 28.8. The van der Waals surface area contributed by atoms with Crippen LogP contribution in [0.25, 0.3) is 0 Å². The van der Waals surface area contributed by atoms with E-state index in [1.807, 2.05) is 0 Å². The second kappa shape index (κ2) is 6.75. The van der Waals surface area contributed by atoms with Crippen LogP contribution in [0.3, 0.4) is 0 Å². The largest absolute Gasteiger partial charge is 0.392 e. The summed E-state index contributed by atoms with van der Waals surface area (Å²) in [6, 6.07) is 0.00299. The first-order valence-corrected chi connectivity index (χ1v) is 6.72. The molecule has 1 aliphatic heterocycles. The molecule has 0 radical (unpaired) electrons. The molecule has 0 spiro atoms. The molecule has 19 heavy (non-hydrogen) atoms. The molecule has 0 aromatic heterocycles. The third kappa shape index (κ3) is 4.38. The summed E-state index contributed by atoms with van der Waals surface area (Å²) in [5, 5.41) is 9.29. The lowest BCUT2D eigenvalue weighted by Crippen LogP contribution is -2.47. The van der Waals surface area contributed by atoms with Crippen LogP contribution in [-0.2, 0) is 4.79 Å². The Kier molecular flexibility index (Phi) is 5.60. The molecule has 1 atom stereocenters. The molecule has 0 saturated carbocycles. The number of hydrogen-bond donors (Lipinski definition) is 1. The van der Waals surface area contributed by atoms with Gasteiger partial charge < -0.3 is 19.8 Å². The van der Waals surface area contributed by atoms with Gasteiger partial charge in [0.1, 0.15) is 0 Å². The fourth-order valence-electron chi connectivity index (χ4n) is 2.40. The highest BCUT2D eigenvalue weighted by Crippen LogP contribution is 2.20. The number of nitrogens with zero attached hydrogens (tertiary/aromatic N) is 3. The lowest BCUT2D eigenvalue weighted by molar-refractivity contribution is -0.136. The average molecular weight is 271 g/mol. The Morgan fingerprint density at radius 3 is 2.21 bits per heavy atom. The van der Waals surface area contributed by atoms with Crippen molar-refractivity contribution in [1.29, 1.82) is 0 Å². The Hall–Kier alpha value is -1.30. The minimum Gasteiger partial charge on any atom is -0.392 e. The van der Waals surface area contributed by atoms with Gasteiger partial charge in [-0.05, 0) is 19.8 Å². The Morgan fingerprint density at radius 2 is 1.79 bits per heavy atom. The fourth-order valence-corrected chi connectivity index (χ4v) is 2.40. The molecular formula is C13H25N3O3. The van der Waals surface area contributed by atoms with Gasteiger partial charge in [0.25, 0.3) is 0 Å². The van der Waals surface area contributed by atoms with E-state index in [2.05, 4.69) is 0 Å². The quantitative estimate of drug-likeness (QED) is 0.798. The van der Waals surface area contributed by atoms with Gasteiger partial charge in [0, 0.05) is 46.7 Å². The van der Waals surface area contributed by atoms with Crippen LogP contribution in [0.5, 0.6) is 0 Å². The van der Waals surface area contributed by atoms with Crippen molar-refractivity contribution in [3.8, 4) is 0 Å². The number of amides is 3. The van der Waals surface area contributed by atoms with Crippen LogP contribution in [0.2, 0.25) is 0 Å². The molecule has 1 fully saturated rings. The lowest BCUT2D eigenvalue weighted by Gasteiger charge is -2.34. The van der Waals surface area contributed by atoms with Crippen LogP contribution in [-0.4, -0.2) is 78.6 Å². The van der Waals surface area contributed by atoms with Crippen LogP contribution in [0.15, 0.2) is 0 Å². The van der Waals surface area contributed by atoms with Gasteiger partial charge in [-0.2, -0.15) is 0 Å². The predicted molar refractivity (Wildman–Crippen MR) is 72.7 cm³/mol. The number of hydrogen-bond acceptors (Lipinski definition) is 3. The molecule has 1 N–H and O–H groups in total. The van der Waals surface area contributed by atoms with E-state index in [1.165, 1.54) is 0 Å². The molecule has 1 unspecified atom stereocenters. The molecule has 6 heteroatoms. The molecule has 0 aliphatic carbocycles.